The lowest BCUT2D eigenvalue weighted by Gasteiger charge is -2.21. The van der Waals surface area contributed by atoms with Crippen molar-refractivity contribution in [1.29, 1.82) is 0 Å². The Labute approximate surface area is 237 Å². The fraction of sp³-hybridized carbons (Fsp3) is 0.500. The number of hydrogen-bond donors (Lipinski definition) is 2. The van der Waals surface area contributed by atoms with E-state index in [1.165, 1.54) is 38.3 Å². The summed E-state index contributed by atoms with van der Waals surface area (Å²) in [7, 11) is 1.59. The Bertz CT molecular complexity index is 894. The van der Waals surface area contributed by atoms with Crippen LogP contribution in [0.1, 0.15) is 101 Å². The van der Waals surface area contributed by atoms with Gasteiger partial charge >= 0.3 is 0 Å². The van der Waals surface area contributed by atoms with E-state index < -0.39 is 0 Å². The normalized spacial score (nSPS) is 14.4. The second-order valence-corrected chi connectivity index (χ2v) is 9.73. The van der Waals surface area contributed by atoms with Crippen molar-refractivity contribution in [3.8, 4) is 0 Å². The first-order valence-electron chi connectivity index (χ1n) is 14.8. The van der Waals surface area contributed by atoms with Crippen LogP contribution in [0.4, 0.5) is 0 Å². The van der Waals surface area contributed by atoms with E-state index in [-0.39, 0.29) is 11.8 Å². The van der Waals surface area contributed by atoms with Gasteiger partial charge < -0.3 is 10.6 Å². The van der Waals surface area contributed by atoms with Crippen molar-refractivity contribution < 1.29 is 9.59 Å². The van der Waals surface area contributed by atoms with Gasteiger partial charge in [0.05, 0.1) is 5.56 Å². The quantitative estimate of drug-likeness (QED) is 0.167. The number of pyridine rings is 1. The first-order valence-corrected chi connectivity index (χ1v) is 14.8. The number of unbranched alkanes of at least 4 members (excludes halogenated alkanes) is 1. The number of carbonyl (C=O) groups excluding carboxylic acids is 2. The maximum atomic E-state index is 11.9. The minimum absolute atomic E-state index is 0.104. The SMILES string of the molecule is CC/C=C\C/C=C\C/C=C\C/C=C\C/C=C\CCCC(=O)NCC1CCCCC1.CNC(=O)c1cccnc1. The van der Waals surface area contributed by atoms with E-state index in [0.29, 0.717) is 12.0 Å². The second kappa shape index (κ2) is 25.1. The Kier molecular flexibility index (Phi) is 21.8. The van der Waals surface area contributed by atoms with E-state index in [0.717, 1.165) is 57.4 Å². The number of nitrogens with zero attached hydrogens (tertiary/aromatic N) is 1. The smallest absolute Gasteiger partial charge is 0.252 e. The summed E-state index contributed by atoms with van der Waals surface area (Å²) in [6.07, 6.45) is 39.7. The van der Waals surface area contributed by atoms with E-state index in [9.17, 15) is 9.59 Å². The maximum Gasteiger partial charge on any atom is 0.252 e. The summed E-state index contributed by atoms with van der Waals surface area (Å²) in [6, 6.07) is 3.44. The highest BCUT2D eigenvalue weighted by Crippen LogP contribution is 2.22. The molecule has 5 nitrogen and oxygen atoms in total. The Morgan fingerprint density at radius 1 is 0.872 bits per heavy atom. The molecule has 1 aliphatic rings. The lowest BCUT2D eigenvalue weighted by atomic mass is 9.89. The highest BCUT2D eigenvalue weighted by atomic mass is 16.2. The van der Waals surface area contributed by atoms with Gasteiger partial charge in [-0.05, 0) is 75.8 Å². The number of rotatable bonds is 16. The Hall–Kier alpha value is -3.21. The monoisotopic (exact) mass is 533 g/mol. The molecule has 1 aromatic heterocycles. The lowest BCUT2D eigenvalue weighted by molar-refractivity contribution is -0.121. The van der Waals surface area contributed by atoms with Crippen LogP contribution in [-0.4, -0.2) is 30.4 Å². The zero-order valence-electron chi connectivity index (χ0n) is 24.3. The van der Waals surface area contributed by atoms with Crippen molar-refractivity contribution in [1.82, 2.24) is 15.6 Å². The Balaban J connectivity index is 0.000000633. The second-order valence-electron chi connectivity index (χ2n) is 9.73. The predicted octanol–water partition coefficient (Wildman–Crippen LogP) is 8.05. The molecule has 0 bridgehead atoms. The van der Waals surface area contributed by atoms with E-state index in [1.807, 2.05) is 0 Å². The largest absolute Gasteiger partial charge is 0.356 e. The van der Waals surface area contributed by atoms with Gasteiger partial charge in [0, 0.05) is 32.4 Å². The van der Waals surface area contributed by atoms with E-state index in [2.05, 4.69) is 83.3 Å². The average molecular weight is 534 g/mol. The van der Waals surface area contributed by atoms with Gasteiger partial charge in [-0.25, -0.2) is 0 Å². The van der Waals surface area contributed by atoms with Crippen molar-refractivity contribution in [3.05, 3.63) is 90.9 Å². The van der Waals surface area contributed by atoms with Crippen molar-refractivity contribution in [2.24, 2.45) is 5.92 Å². The molecule has 0 spiro atoms. The van der Waals surface area contributed by atoms with Crippen LogP contribution < -0.4 is 10.6 Å². The molecule has 214 valence electrons. The molecular formula is C34H51N3O2. The highest BCUT2D eigenvalue weighted by molar-refractivity contribution is 5.93. The standard InChI is InChI=1S/C27H43NO.C7H8N2O/c1-2-3-4-5-6-7-8-9-10-11-12-13-14-15-16-17-21-24-27(29)28-25-26-22-19-18-20-23-26;1-8-7(10)6-3-2-4-9-5-6/h3-4,6-7,9-10,12-13,15-16,26H,2,5,8,11,14,17-25H2,1H3,(H,28,29);2-5H,1H3,(H,8,10)/b4-3-,7-6-,10-9-,13-12-,16-15-;. The fourth-order valence-corrected chi connectivity index (χ4v) is 4.13. The minimum atomic E-state index is -0.104. The molecule has 2 amide bonds. The third-order valence-electron chi connectivity index (χ3n) is 6.40. The van der Waals surface area contributed by atoms with Crippen molar-refractivity contribution >= 4 is 11.8 Å². The third kappa shape index (κ3) is 20.4. The zero-order valence-corrected chi connectivity index (χ0v) is 24.3. The molecule has 0 radical (unpaired) electrons. The van der Waals surface area contributed by atoms with Gasteiger partial charge in [-0.15, -0.1) is 0 Å². The predicted molar refractivity (Wildman–Crippen MR) is 166 cm³/mol. The van der Waals surface area contributed by atoms with Crippen LogP contribution in [0.25, 0.3) is 0 Å². The van der Waals surface area contributed by atoms with Crippen LogP contribution in [0.3, 0.4) is 0 Å². The molecule has 1 aromatic rings. The van der Waals surface area contributed by atoms with Crippen LogP contribution in [0, 0.1) is 5.92 Å². The van der Waals surface area contributed by atoms with Gasteiger partial charge in [0.15, 0.2) is 0 Å². The Morgan fingerprint density at radius 3 is 2.00 bits per heavy atom. The molecule has 1 aliphatic carbocycles. The molecule has 0 saturated heterocycles. The van der Waals surface area contributed by atoms with Crippen LogP contribution in [0.15, 0.2) is 85.3 Å². The minimum Gasteiger partial charge on any atom is -0.356 e. The van der Waals surface area contributed by atoms with Crippen LogP contribution >= 0.6 is 0 Å². The highest BCUT2D eigenvalue weighted by Gasteiger charge is 2.13. The topological polar surface area (TPSA) is 71.1 Å². The molecule has 1 heterocycles. The third-order valence-corrected chi connectivity index (χ3v) is 6.40. The summed E-state index contributed by atoms with van der Waals surface area (Å²) >= 11 is 0. The van der Waals surface area contributed by atoms with Crippen LogP contribution in [0.5, 0.6) is 0 Å². The first-order chi connectivity index (χ1) is 19.2. The molecule has 2 rings (SSSR count). The Morgan fingerprint density at radius 2 is 1.46 bits per heavy atom. The van der Waals surface area contributed by atoms with E-state index in [1.54, 1.807) is 25.4 Å². The summed E-state index contributed by atoms with van der Waals surface area (Å²) in [5.41, 5.74) is 0.588. The fourth-order valence-electron chi connectivity index (χ4n) is 4.13. The van der Waals surface area contributed by atoms with Gasteiger partial charge in [0.1, 0.15) is 0 Å². The van der Waals surface area contributed by atoms with Crippen molar-refractivity contribution in [2.45, 2.75) is 90.4 Å². The van der Waals surface area contributed by atoms with E-state index in [4.69, 9.17) is 0 Å². The number of allylic oxidation sites excluding steroid dienone is 10. The lowest BCUT2D eigenvalue weighted by Crippen LogP contribution is -2.29. The number of amides is 2. The van der Waals surface area contributed by atoms with Crippen molar-refractivity contribution in [3.63, 3.8) is 0 Å². The van der Waals surface area contributed by atoms with Gasteiger partial charge in [-0.3, -0.25) is 14.6 Å². The molecule has 0 unspecified atom stereocenters. The molecule has 0 aromatic carbocycles. The molecule has 1 fully saturated rings. The van der Waals surface area contributed by atoms with E-state index >= 15 is 0 Å². The summed E-state index contributed by atoms with van der Waals surface area (Å²) in [4.78, 5) is 26.5. The molecular weight excluding hydrogens is 482 g/mol. The van der Waals surface area contributed by atoms with Gasteiger partial charge in [0.2, 0.25) is 5.91 Å². The van der Waals surface area contributed by atoms with Gasteiger partial charge in [-0.1, -0.05) is 86.9 Å². The first kappa shape index (κ1) is 33.8. The molecule has 39 heavy (non-hydrogen) atoms. The van der Waals surface area contributed by atoms with Crippen molar-refractivity contribution in [2.75, 3.05) is 13.6 Å². The number of nitrogens with one attached hydrogen (secondary N) is 2. The summed E-state index contributed by atoms with van der Waals surface area (Å²) in [6.45, 7) is 3.05. The zero-order chi connectivity index (χ0) is 28.2. The van der Waals surface area contributed by atoms with Crippen LogP contribution in [-0.2, 0) is 4.79 Å². The summed E-state index contributed by atoms with van der Waals surface area (Å²) in [5.74, 6) is 0.842. The maximum absolute atomic E-state index is 11.9. The molecule has 0 atom stereocenters. The molecule has 2 N–H and O–H groups in total. The number of carbonyl (C=O) groups is 2. The number of aromatic nitrogens is 1. The molecule has 0 aliphatic heterocycles. The molecule has 1 saturated carbocycles. The van der Waals surface area contributed by atoms with Gasteiger partial charge in [0.25, 0.3) is 5.91 Å². The average Bonchev–Trinajstić information content (AvgIpc) is 2.98. The summed E-state index contributed by atoms with van der Waals surface area (Å²) in [5, 5.41) is 5.62. The summed E-state index contributed by atoms with van der Waals surface area (Å²) < 4.78 is 0. The number of hydrogen-bond acceptors (Lipinski definition) is 3. The molecule has 5 heteroatoms. The van der Waals surface area contributed by atoms with Gasteiger partial charge in [-0.2, -0.15) is 0 Å². The van der Waals surface area contributed by atoms with Crippen LogP contribution in [0.2, 0.25) is 0 Å².